The molecule has 0 aliphatic carbocycles. The van der Waals surface area contributed by atoms with Gasteiger partial charge in [0.2, 0.25) is 15.9 Å². The van der Waals surface area contributed by atoms with E-state index in [4.69, 9.17) is 0 Å². The van der Waals surface area contributed by atoms with E-state index in [1.165, 1.54) is 4.31 Å². The number of sulfonamides is 1. The lowest BCUT2D eigenvalue weighted by Gasteiger charge is -2.38. The van der Waals surface area contributed by atoms with Gasteiger partial charge in [0, 0.05) is 64.1 Å². The number of carbonyl (C=O) groups is 1. The van der Waals surface area contributed by atoms with Crippen LogP contribution in [0.15, 0.2) is 59.6 Å². The monoisotopic (exact) mass is 442 g/mol. The van der Waals surface area contributed by atoms with E-state index in [1.54, 1.807) is 30.3 Å². The minimum absolute atomic E-state index is 0.0948. The number of amides is 1. The maximum absolute atomic E-state index is 13.1. The molecule has 2 fully saturated rings. The molecule has 2 saturated heterocycles. The molecule has 1 aromatic heterocycles. The van der Waals surface area contributed by atoms with Crippen LogP contribution in [0.2, 0.25) is 0 Å². The average molecular weight is 443 g/mol. The Bertz CT molecular complexity index is 961. The first kappa shape index (κ1) is 21.9. The highest BCUT2D eigenvalue weighted by molar-refractivity contribution is 7.89. The maximum Gasteiger partial charge on any atom is 0.243 e. The number of nitrogens with zero attached hydrogens (tertiary/aromatic N) is 4. The Labute approximate surface area is 184 Å². The smallest absolute Gasteiger partial charge is 0.243 e. The van der Waals surface area contributed by atoms with Crippen LogP contribution in [-0.4, -0.2) is 79.2 Å². The summed E-state index contributed by atoms with van der Waals surface area (Å²) in [5, 5.41) is 0. The predicted molar refractivity (Wildman–Crippen MR) is 119 cm³/mol. The van der Waals surface area contributed by atoms with E-state index in [0.717, 1.165) is 38.2 Å². The minimum Gasteiger partial charge on any atom is -0.340 e. The zero-order valence-electron chi connectivity index (χ0n) is 17.8. The van der Waals surface area contributed by atoms with Crippen LogP contribution in [-0.2, 0) is 21.2 Å². The summed E-state index contributed by atoms with van der Waals surface area (Å²) in [4.78, 5) is 22.1. The van der Waals surface area contributed by atoms with Crippen LogP contribution < -0.4 is 0 Å². The Kier molecular flexibility index (Phi) is 6.99. The summed E-state index contributed by atoms with van der Waals surface area (Å²) in [6.45, 7) is 4.77. The van der Waals surface area contributed by atoms with Crippen molar-refractivity contribution in [3.8, 4) is 0 Å². The Morgan fingerprint density at radius 1 is 0.968 bits per heavy atom. The van der Waals surface area contributed by atoms with Gasteiger partial charge in [-0.15, -0.1) is 0 Å². The number of rotatable bonds is 6. The summed E-state index contributed by atoms with van der Waals surface area (Å²) in [7, 11) is -3.55. The first-order chi connectivity index (χ1) is 15.0. The van der Waals surface area contributed by atoms with Gasteiger partial charge in [0.05, 0.1) is 10.8 Å². The molecule has 0 bridgehead atoms. The van der Waals surface area contributed by atoms with Gasteiger partial charge in [0.15, 0.2) is 0 Å². The van der Waals surface area contributed by atoms with Crippen molar-refractivity contribution in [2.45, 2.75) is 24.2 Å². The van der Waals surface area contributed by atoms with Gasteiger partial charge in [-0.05, 0) is 37.1 Å². The van der Waals surface area contributed by atoms with Gasteiger partial charge in [0.1, 0.15) is 0 Å². The van der Waals surface area contributed by atoms with Crippen molar-refractivity contribution in [1.82, 2.24) is 19.1 Å². The highest BCUT2D eigenvalue weighted by Crippen LogP contribution is 2.25. The number of pyridine rings is 1. The van der Waals surface area contributed by atoms with Gasteiger partial charge in [-0.1, -0.05) is 24.3 Å². The van der Waals surface area contributed by atoms with E-state index in [0.29, 0.717) is 31.0 Å². The lowest BCUT2D eigenvalue weighted by Crippen LogP contribution is -2.53. The van der Waals surface area contributed by atoms with Crippen LogP contribution in [0.3, 0.4) is 0 Å². The second kappa shape index (κ2) is 9.89. The van der Waals surface area contributed by atoms with E-state index in [9.17, 15) is 13.2 Å². The second-order valence-corrected chi connectivity index (χ2v) is 10.2. The van der Waals surface area contributed by atoms with Crippen molar-refractivity contribution in [2.24, 2.45) is 5.92 Å². The molecule has 166 valence electrons. The van der Waals surface area contributed by atoms with Crippen molar-refractivity contribution >= 4 is 15.9 Å². The number of hydrogen-bond acceptors (Lipinski definition) is 5. The molecule has 2 aliphatic heterocycles. The van der Waals surface area contributed by atoms with Crippen molar-refractivity contribution in [2.75, 3.05) is 45.8 Å². The third kappa shape index (κ3) is 5.31. The first-order valence-electron chi connectivity index (χ1n) is 11.0. The predicted octanol–water partition coefficient (Wildman–Crippen LogP) is 1.87. The summed E-state index contributed by atoms with van der Waals surface area (Å²) in [5.74, 6) is -0.162. The van der Waals surface area contributed by atoms with Crippen LogP contribution >= 0.6 is 0 Å². The lowest BCUT2D eigenvalue weighted by atomic mass is 9.97. The van der Waals surface area contributed by atoms with Crippen molar-refractivity contribution < 1.29 is 13.2 Å². The molecule has 1 amide bonds. The van der Waals surface area contributed by atoms with Crippen LogP contribution in [0, 0.1) is 5.92 Å². The fraction of sp³-hybridized carbons (Fsp3) is 0.478. The molecule has 31 heavy (non-hydrogen) atoms. The van der Waals surface area contributed by atoms with E-state index < -0.39 is 10.0 Å². The van der Waals surface area contributed by atoms with E-state index in [2.05, 4.69) is 9.88 Å². The topological polar surface area (TPSA) is 73.8 Å². The fourth-order valence-corrected chi connectivity index (χ4v) is 5.92. The Morgan fingerprint density at radius 3 is 2.42 bits per heavy atom. The normalized spacial score (nSPS) is 21.2. The fourth-order valence-electron chi connectivity index (χ4n) is 4.37. The van der Waals surface area contributed by atoms with Crippen LogP contribution in [0.1, 0.15) is 18.5 Å². The molecule has 0 N–H and O–H groups in total. The van der Waals surface area contributed by atoms with Crippen molar-refractivity contribution in [3.05, 3.63) is 60.4 Å². The highest BCUT2D eigenvalue weighted by Gasteiger charge is 2.35. The molecular formula is C23H30N4O3S. The Morgan fingerprint density at radius 2 is 1.71 bits per heavy atom. The van der Waals surface area contributed by atoms with Gasteiger partial charge < -0.3 is 4.90 Å². The largest absolute Gasteiger partial charge is 0.340 e. The summed E-state index contributed by atoms with van der Waals surface area (Å²) in [6.07, 6.45) is 4.19. The molecule has 1 atom stereocenters. The van der Waals surface area contributed by atoms with Crippen molar-refractivity contribution in [3.63, 3.8) is 0 Å². The molecule has 0 spiro atoms. The standard InChI is InChI=1S/C23H30N4O3S/c28-23(26-17-15-25(16-18-26)14-11-21-8-4-5-12-24-21)20-7-6-13-27(19-20)31(29,30)22-9-2-1-3-10-22/h1-5,8-10,12,20H,6-7,11,13-19H2/t20-/m1/s1. The van der Waals surface area contributed by atoms with E-state index >= 15 is 0 Å². The second-order valence-electron chi connectivity index (χ2n) is 8.25. The van der Waals surface area contributed by atoms with Gasteiger partial charge in [-0.25, -0.2) is 8.42 Å². The molecule has 2 aliphatic rings. The first-order valence-corrected chi connectivity index (χ1v) is 12.4. The van der Waals surface area contributed by atoms with E-state index in [1.807, 2.05) is 29.3 Å². The molecule has 4 rings (SSSR count). The van der Waals surface area contributed by atoms with Gasteiger partial charge in [0.25, 0.3) is 0 Å². The van der Waals surface area contributed by atoms with Gasteiger partial charge in [-0.2, -0.15) is 4.31 Å². The van der Waals surface area contributed by atoms with Gasteiger partial charge >= 0.3 is 0 Å². The number of piperidine rings is 1. The summed E-state index contributed by atoms with van der Waals surface area (Å²) >= 11 is 0. The number of carbonyl (C=O) groups excluding carboxylic acids is 1. The number of benzene rings is 1. The van der Waals surface area contributed by atoms with Crippen LogP contribution in [0.25, 0.3) is 0 Å². The van der Waals surface area contributed by atoms with Crippen LogP contribution in [0.5, 0.6) is 0 Å². The Balaban J connectivity index is 1.29. The SMILES string of the molecule is O=C([C@@H]1CCCN(S(=O)(=O)c2ccccc2)C1)N1CCN(CCc2ccccn2)CC1. The van der Waals surface area contributed by atoms with Gasteiger partial charge in [-0.3, -0.25) is 14.7 Å². The molecule has 0 radical (unpaired) electrons. The highest BCUT2D eigenvalue weighted by atomic mass is 32.2. The molecule has 0 unspecified atom stereocenters. The summed E-state index contributed by atoms with van der Waals surface area (Å²) in [5.41, 5.74) is 1.09. The summed E-state index contributed by atoms with van der Waals surface area (Å²) < 4.78 is 27.4. The number of aromatic nitrogens is 1. The van der Waals surface area contributed by atoms with E-state index in [-0.39, 0.29) is 18.4 Å². The third-order valence-electron chi connectivity index (χ3n) is 6.21. The lowest BCUT2D eigenvalue weighted by molar-refractivity contribution is -0.138. The number of piperazine rings is 1. The molecule has 7 nitrogen and oxygen atoms in total. The number of hydrogen-bond donors (Lipinski definition) is 0. The average Bonchev–Trinajstić information content (AvgIpc) is 2.84. The Hall–Kier alpha value is -2.29. The maximum atomic E-state index is 13.1. The molecule has 3 heterocycles. The molecule has 2 aromatic rings. The van der Waals surface area contributed by atoms with Crippen molar-refractivity contribution in [1.29, 1.82) is 0 Å². The van der Waals surface area contributed by atoms with Crippen LogP contribution in [0.4, 0.5) is 0 Å². The molecular weight excluding hydrogens is 412 g/mol. The molecule has 0 saturated carbocycles. The molecule has 8 heteroatoms. The zero-order valence-corrected chi connectivity index (χ0v) is 18.6. The molecule has 1 aromatic carbocycles. The quantitative estimate of drug-likeness (QED) is 0.683. The third-order valence-corrected chi connectivity index (χ3v) is 8.09. The minimum atomic E-state index is -3.55. The summed E-state index contributed by atoms with van der Waals surface area (Å²) in [6, 6.07) is 14.5. The zero-order chi connectivity index (χ0) is 21.7.